The molecule has 122 valence electrons. The zero-order valence-electron chi connectivity index (χ0n) is 13.5. The summed E-state index contributed by atoms with van der Waals surface area (Å²) in [5.41, 5.74) is 2.17. The predicted octanol–water partition coefficient (Wildman–Crippen LogP) is 4.75. The van der Waals surface area contributed by atoms with Crippen molar-refractivity contribution in [3.8, 4) is 6.07 Å². The lowest BCUT2D eigenvalue weighted by atomic mass is 10.2. The lowest BCUT2D eigenvalue weighted by Gasteiger charge is -2.25. The highest BCUT2D eigenvalue weighted by atomic mass is 16.6. The van der Waals surface area contributed by atoms with Crippen molar-refractivity contribution in [3.63, 3.8) is 0 Å². The van der Waals surface area contributed by atoms with Crippen LogP contribution in [0, 0.1) is 21.4 Å². The number of hydrogen-bond donors (Lipinski definition) is 0. The van der Waals surface area contributed by atoms with Gasteiger partial charge in [-0.25, -0.2) is 0 Å². The topological polar surface area (TPSA) is 94.9 Å². The molecule has 7 heteroatoms. The Morgan fingerprint density at radius 2 is 1.62 bits per heavy atom. The van der Waals surface area contributed by atoms with Crippen LogP contribution in [0.1, 0.15) is 13.8 Å². The minimum absolute atomic E-state index is 0.0181. The third-order valence-corrected chi connectivity index (χ3v) is 3.52. The van der Waals surface area contributed by atoms with E-state index in [9.17, 15) is 10.1 Å². The van der Waals surface area contributed by atoms with Crippen molar-refractivity contribution in [1.29, 1.82) is 5.26 Å². The Morgan fingerprint density at radius 1 is 1.12 bits per heavy atom. The van der Waals surface area contributed by atoms with E-state index in [4.69, 9.17) is 5.26 Å². The van der Waals surface area contributed by atoms with Crippen LogP contribution in [0.25, 0.3) is 0 Å². The summed E-state index contributed by atoms with van der Waals surface area (Å²) in [6, 6.07) is 15.3. The van der Waals surface area contributed by atoms with Gasteiger partial charge in [-0.1, -0.05) is 0 Å². The summed E-state index contributed by atoms with van der Waals surface area (Å²) in [5, 5.41) is 27.8. The van der Waals surface area contributed by atoms with Crippen molar-refractivity contribution >= 4 is 22.7 Å². The molecule has 0 fully saturated rings. The van der Waals surface area contributed by atoms with Gasteiger partial charge in [-0.15, -0.1) is 0 Å². The number of anilines is 1. The molecule has 0 amide bonds. The van der Waals surface area contributed by atoms with Gasteiger partial charge in [0.05, 0.1) is 22.4 Å². The summed E-state index contributed by atoms with van der Waals surface area (Å²) < 4.78 is 0. The Bertz CT molecular complexity index is 763. The lowest BCUT2D eigenvalue weighted by molar-refractivity contribution is -0.384. The van der Waals surface area contributed by atoms with Gasteiger partial charge in [-0.3, -0.25) is 10.1 Å². The van der Waals surface area contributed by atoms with Gasteiger partial charge in [-0.2, -0.15) is 15.5 Å². The lowest BCUT2D eigenvalue weighted by Crippen LogP contribution is -2.31. The first-order valence-corrected chi connectivity index (χ1v) is 7.47. The van der Waals surface area contributed by atoms with Crippen molar-refractivity contribution < 1.29 is 4.92 Å². The van der Waals surface area contributed by atoms with Crippen LogP contribution >= 0.6 is 0 Å². The van der Waals surface area contributed by atoms with Gasteiger partial charge in [0, 0.05) is 24.4 Å². The zero-order valence-corrected chi connectivity index (χ0v) is 13.5. The number of azo groups is 1. The van der Waals surface area contributed by atoms with Crippen LogP contribution in [0.2, 0.25) is 0 Å². The molecule has 24 heavy (non-hydrogen) atoms. The maximum absolute atomic E-state index is 10.6. The number of nitrogens with zero attached hydrogens (tertiary/aromatic N) is 5. The molecule has 2 rings (SSSR count). The number of hydrogen-bond acceptors (Lipinski definition) is 6. The van der Waals surface area contributed by atoms with Crippen LogP contribution in [0.5, 0.6) is 0 Å². The first-order valence-electron chi connectivity index (χ1n) is 7.47. The van der Waals surface area contributed by atoms with E-state index in [1.54, 1.807) is 12.1 Å². The van der Waals surface area contributed by atoms with Crippen LogP contribution in [0.4, 0.5) is 22.7 Å². The molecule has 0 radical (unpaired) electrons. The summed E-state index contributed by atoms with van der Waals surface area (Å²) in [4.78, 5) is 12.1. The second kappa shape index (κ2) is 7.83. The van der Waals surface area contributed by atoms with Crippen LogP contribution in [-0.2, 0) is 0 Å². The second-order valence-corrected chi connectivity index (χ2v) is 5.08. The van der Waals surface area contributed by atoms with E-state index in [-0.39, 0.29) is 11.7 Å². The molecule has 0 bridgehead atoms. The smallest absolute Gasteiger partial charge is 0.269 e. The summed E-state index contributed by atoms with van der Waals surface area (Å²) in [5.74, 6) is 0. The van der Waals surface area contributed by atoms with Gasteiger partial charge in [0.25, 0.3) is 5.69 Å². The van der Waals surface area contributed by atoms with Gasteiger partial charge in [0.2, 0.25) is 0 Å². The molecular weight excluding hydrogens is 306 g/mol. The average Bonchev–Trinajstić information content (AvgIpc) is 2.61. The molecule has 0 aliphatic rings. The molecule has 0 saturated heterocycles. The molecule has 1 unspecified atom stereocenters. The van der Waals surface area contributed by atoms with E-state index in [1.165, 1.54) is 12.1 Å². The van der Waals surface area contributed by atoms with Crippen molar-refractivity contribution in [1.82, 2.24) is 0 Å². The third kappa shape index (κ3) is 4.14. The maximum atomic E-state index is 10.6. The quantitative estimate of drug-likeness (QED) is 0.435. The largest absolute Gasteiger partial charge is 0.356 e. The standard InChI is InChI=1S/C17H17N5O2/c1-3-21(13(2)12-18)16-8-4-14(5-9-16)19-20-15-6-10-17(11-7-15)22(23)24/h4-11,13H,3H2,1-2H3. The minimum atomic E-state index is -0.457. The van der Waals surface area contributed by atoms with Gasteiger partial charge in [-0.05, 0) is 50.2 Å². The van der Waals surface area contributed by atoms with Crippen molar-refractivity contribution in [2.24, 2.45) is 10.2 Å². The SMILES string of the molecule is CCN(c1ccc(N=Nc2ccc([N+](=O)[O-])cc2)cc1)C(C)C#N. The van der Waals surface area contributed by atoms with E-state index < -0.39 is 4.92 Å². The second-order valence-electron chi connectivity index (χ2n) is 5.08. The van der Waals surface area contributed by atoms with Gasteiger partial charge < -0.3 is 4.90 Å². The molecule has 0 aliphatic heterocycles. The Hall–Kier alpha value is -3.27. The monoisotopic (exact) mass is 323 g/mol. The molecule has 0 aromatic heterocycles. The van der Waals surface area contributed by atoms with Crippen molar-refractivity contribution in [2.45, 2.75) is 19.9 Å². The van der Waals surface area contributed by atoms with Crippen LogP contribution < -0.4 is 4.90 Å². The molecular formula is C17H17N5O2. The molecule has 0 aliphatic carbocycles. The maximum Gasteiger partial charge on any atom is 0.269 e. The fourth-order valence-corrected chi connectivity index (χ4v) is 2.22. The minimum Gasteiger partial charge on any atom is -0.356 e. The van der Waals surface area contributed by atoms with Gasteiger partial charge >= 0.3 is 0 Å². The van der Waals surface area contributed by atoms with E-state index in [1.807, 2.05) is 43.0 Å². The third-order valence-electron chi connectivity index (χ3n) is 3.52. The Morgan fingerprint density at radius 3 is 2.04 bits per heavy atom. The van der Waals surface area contributed by atoms with E-state index >= 15 is 0 Å². The summed E-state index contributed by atoms with van der Waals surface area (Å²) in [6.45, 7) is 4.58. The number of nitro groups is 1. The molecule has 2 aromatic carbocycles. The fraction of sp³-hybridized carbons (Fsp3) is 0.235. The first kappa shape index (κ1) is 17.1. The molecule has 2 aromatic rings. The summed E-state index contributed by atoms with van der Waals surface area (Å²) in [6.07, 6.45) is 0. The van der Waals surface area contributed by atoms with E-state index in [2.05, 4.69) is 16.3 Å². The Kier molecular flexibility index (Phi) is 5.58. The molecule has 0 heterocycles. The zero-order chi connectivity index (χ0) is 17.5. The highest BCUT2D eigenvalue weighted by Gasteiger charge is 2.11. The Labute approximate surface area is 140 Å². The summed E-state index contributed by atoms with van der Waals surface area (Å²) in [7, 11) is 0. The molecule has 1 atom stereocenters. The normalized spacial score (nSPS) is 11.9. The van der Waals surface area contributed by atoms with Gasteiger partial charge in [0.15, 0.2) is 0 Å². The Balaban J connectivity index is 2.11. The highest BCUT2D eigenvalue weighted by Crippen LogP contribution is 2.24. The predicted molar refractivity (Wildman–Crippen MR) is 91.8 cm³/mol. The van der Waals surface area contributed by atoms with Crippen molar-refractivity contribution in [3.05, 3.63) is 58.6 Å². The van der Waals surface area contributed by atoms with Crippen LogP contribution in [0.15, 0.2) is 58.8 Å². The van der Waals surface area contributed by atoms with Gasteiger partial charge in [0.1, 0.15) is 6.04 Å². The number of nitro benzene ring substituents is 1. The number of nitriles is 1. The highest BCUT2D eigenvalue weighted by molar-refractivity contribution is 5.54. The van der Waals surface area contributed by atoms with Crippen LogP contribution in [-0.4, -0.2) is 17.5 Å². The van der Waals surface area contributed by atoms with Crippen molar-refractivity contribution in [2.75, 3.05) is 11.4 Å². The number of non-ortho nitro benzene ring substituents is 1. The average molecular weight is 323 g/mol. The molecule has 0 saturated carbocycles. The molecule has 0 N–H and O–H groups in total. The molecule has 0 spiro atoms. The van der Waals surface area contributed by atoms with E-state index in [0.29, 0.717) is 11.4 Å². The van der Waals surface area contributed by atoms with Crippen LogP contribution in [0.3, 0.4) is 0 Å². The molecule has 7 nitrogen and oxygen atoms in total. The number of benzene rings is 2. The first-order chi connectivity index (χ1) is 11.5. The number of rotatable bonds is 6. The fourth-order valence-electron chi connectivity index (χ4n) is 2.22. The summed E-state index contributed by atoms with van der Waals surface area (Å²) >= 11 is 0. The van der Waals surface area contributed by atoms with E-state index in [0.717, 1.165) is 12.2 Å².